The maximum atomic E-state index is 4.43. The highest BCUT2D eigenvalue weighted by molar-refractivity contribution is 5.83. The van der Waals surface area contributed by atoms with Gasteiger partial charge in [-0.1, -0.05) is 18.2 Å². The first-order valence-electron chi connectivity index (χ1n) is 6.28. The Bertz CT molecular complexity index is 543. The SMILES string of the molecule is c1ccc(-n2cccn2)c(CNC2=NCCC2)c1. The zero-order valence-corrected chi connectivity index (χ0v) is 10.2. The number of aliphatic imine (C=N–C) groups is 1. The normalized spacial score (nSPS) is 14.6. The number of hydrogen-bond donors (Lipinski definition) is 1. The van der Waals surface area contributed by atoms with Gasteiger partial charge < -0.3 is 5.32 Å². The lowest BCUT2D eigenvalue weighted by molar-refractivity contribution is 0.830. The third-order valence-corrected chi connectivity index (χ3v) is 3.10. The summed E-state index contributed by atoms with van der Waals surface area (Å²) < 4.78 is 1.90. The third-order valence-electron chi connectivity index (χ3n) is 3.10. The first kappa shape index (κ1) is 11.0. The Labute approximate surface area is 106 Å². The molecule has 0 fully saturated rings. The zero-order valence-electron chi connectivity index (χ0n) is 10.2. The molecule has 2 heterocycles. The average Bonchev–Trinajstić information content (AvgIpc) is 3.10. The number of rotatable bonds is 3. The smallest absolute Gasteiger partial charge is 0.0966 e. The Kier molecular flexibility index (Phi) is 3.08. The van der Waals surface area contributed by atoms with E-state index in [1.54, 1.807) is 6.20 Å². The van der Waals surface area contributed by atoms with Crippen LogP contribution in [0.2, 0.25) is 0 Å². The number of benzene rings is 1. The van der Waals surface area contributed by atoms with Crippen molar-refractivity contribution in [2.75, 3.05) is 6.54 Å². The van der Waals surface area contributed by atoms with Crippen LogP contribution in [0.15, 0.2) is 47.7 Å². The Morgan fingerprint density at radius 3 is 2.94 bits per heavy atom. The van der Waals surface area contributed by atoms with Crippen molar-refractivity contribution in [1.29, 1.82) is 0 Å². The highest BCUT2D eigenvalue weighted by Crippen LogP contribution is 2.13. The molecule has 2 aromatic rings. The molecular weight excluding hydrogens is 224 g/mol. The van der Waals surface area contributed by atoms with E-state index in [2.05, 4.69) is 33.6 Å². The standard InChI is InChI=1S/C14H16N4/c1-2-6-13(18-10-4-9-17-18)12(5-1)11-16-14-7-3-8-15-14/h1-2,4-6,9-10H,3,7-8,11H2,(H,15,16). The molecule has 0 saturated carbocycles. The van der Waals surface area contributed by atoms with Gasteiger partial charge in [0.15, 0.2) is 0 Å². The first-order valence-corrected chi connectivity index (χ1v) is 6.28. The molecule has 1 aliphatic rings. The minimum Gasteiger partial charge on any atom is -0.370 e. The summed E-state index contributed by atoms with van der Waals surface area (Å²) in [5.41, 5.74) is 2.35. The van der Waals surface area contributed by atoms with Crippen molar-refractivity contribution in [2.24, 2.45) is 4.99 Å². The van der Waals surface area contributed by atoms with Gasteiger partial charge in [-0.05, 0) is 24.1 Å². The molecule has 0 unspecified atom stereocenters. The van der Waals surface area contributed by atoms with Crippen LogP contribution in [0.1, 0.15) is 18.4 Å². The molecule has 0 saturated heterocycles. The van der Waals surface area contributed by atoms with E-state index < -0.39 is 0 Å². The average molecular weight is 240 g/mol. The van der Waals surface area contributed by atoms with E-state index in [0.29, 0.717) is 0 Å². The van der Waals surface area contributed by atoms with E-state index in [0.717, 1.165) is 31.0 Å². The lowest BCUT2D eigenvalue weighted by Gasteiger charge is -2.11. The van der Waals surface area contributed by atoms with Crippen molar-refractivity contribution >= 4 is 5.84 Å². The van der Waals surface area contributed by atoms with Gasteiger partial charge in [0, 0.05) is 31.9 Å². The summed E-state index contributed by atoms with van der Waals surface area (Å²) in [5, 5.41) is 7.69. The molecule has 0 atom stereocenters. The Balaban J connectivity index is 1.79. The van der Waals surface area contributed by atoms with Gasteiger partial charge in [-0.3, -0.25) is 4.99 Å². The molecular formula is C14H16N4. The molecule has 4 heteroatoms. The van der Waals surface area contributed by atoms with Gasteiger partial charge in [0.25, 0.3) is 0 Å². The van der Waals surface area contributed by atoms with Crippen molar-refractivity contribution in [2.45, 2.75) is 19.4 Å². The molecule has 0 aliphatic carbocycles. The Hall–Kier alpha value is -2.10. The summed E-state index contributed by atoms with van der Waals surface area (Å²) in [6, 6.07) is 10.2. The summed E-state index contributed by atoms with van der Waals surface area (Å²) in [5.74, 6) is 1.13. The van der Waals surface area contributed by atoms with Gasteiger partial charge in [-0.2, -0.15) is 5.10 Å². The minimum absolute atomic E-state index is 0.800. The number of aromatic nitrogens is 2. The molecule has 1 aromatic carbocycles. The van der Waals surface area contributed by atoms with E-state index in [4.69, 9.17) is 0 Å². The lowest BCUT2D eigenvalue weighted by atomic mass is 10.1. The summed E-state index contributed by atoms with van der Waals surface area (Å²) in [7, 11) is 0. The van der Waals surface area contributed by atoms with Gasteiger partial charge in [0.05, 0.1) is 11.5 Å². The topological polar surface area (TPSA) is 42.2 Å². The van der Waals surface area contributed by atoms with Crippen LogP contribution >= 0.6 is 0 Å². The summed E-state index contributed by atoms with van der Waals surface area (Å²) in [6.45, 7) is 1.76. The lowest BCUT2D eigenvalue weighted by Crippen LogP contribution is -2.21. The molecule has 1 N–H and O–H groups in total. The predicted molar refractivity (Wildman–Crippen MR) is 71.9 cm³/mol. The summed E-state index contributed by atoms with van der Waals surface area (Å²) in [4.78, 5) is 4.43. The molecule has 3 rings (SSSR count). The molecule has 1 aromatic heterocycles. The first-order chi connectivity index (χ1) is 8.93. The van der Waals surface area contributed by atoms with Gasteiger partial charge in [-0.15, -0.1) is 0 Å². The van der Waals surface area contributed by atoms with Gasteiger partial charge in [0.1, 0.15) is 0 Å². The molecule has 0 amide bonds. The van der Waals surface area contributed by atoms with E-state index in [1.165, 1.54) is 12.0 Å². The number of hydrogen-bond acceptors (Lipinski definition) is 3. The molecule has 1 aliphatic heterocycles. The maximum Gasteiger partial charge on any atom is 0.0966 e. The van der Waals surface area contributed by atoms with Gasteiger partial charge >= 0.3 is 0 Å². The minimum atomic E-state index is 0.800. The van der Waals surface area contributed by atoms with Crippen LogP contribution in [0.5, 0.6) is 0 Å². The van der Waals surface area contributed by atoms with Crippen molar-refractivity contribution in [3.63, 3.8) is 0 Å². The van der Waals surface area contributed by atoms with Crippen LogP contribution in [0.4, 0.5) is 0 Å². The fraction of sp³-hybridized carbons (Fsp3) is 0.286. The third kappa shape index (κ3) is 2.27. The Morgan fingerprint density at radius 1 is 1.22 bits per heavy atom. The van der Waals surface area contributed by atoms with E-state index in [9.17, 15) is 0 Å². The van der Waals surface area contributed by atoms with E-state index in [-0.39, 0.29) is 0 Å². The van der Waals surface area contributed by atoms with Crippen molar-refractivity contribution in [1.82, 2.24) is 15.1 Å². The summed E-state index contributed by atoms with van der Waals surface area (Å²) in [6.07, 6.45) is 6.00. The second kappa shape index (κ2) is 5.04. The second-order valence-corrected chi connectivity index (χ2v) is 4.36. The fourth-order valence-electron chi connectivity index (χ4n) is 2.18. The molecule has 4 nitrogen and oxygen atoms in total. The predicted octanol–water partition coefficient (Wildman–Crippen LogP) is 2.15. The van der Waals surface area contributed by atoms with Gasteiger partial charge in [0.2, 0.25) is 0 Å². The monoisotopic (exact) mass is 240 g/mol. The number of nitrogens with zero attached hydrogens (tertiary/aromatic N) is 3. The van der Waals surface area contributed by atoms with Crippen molar-refractivity contribution in [3.8, 4) is 5.69 Å². The molecule has 18 heavy (non-hydrogen) atoms. The van der Waals surface area contributed by atoms with Crippen molar-refractivity contribution in [3.05, 3.63) is 48.3 Å². The molecule has 0 radical (unpaired) electrons. The molecule has 0 bridgehead atoms. The van der Waals surface area contributed by atoms with Gasteiger partial charge in [-0.25, -0.2) is 4.68 Å². The van der Waals surface area contributed by atoms with Crippen molar-refractivity contribution < 1.29 is 0 Å². The van der Waals surface area contributed by atoms with E-state index >= 15 is 0 Å². The highest BCUT2D eigenvalue weighted by atomic mass is 15.3. The van der Waals surface area contributed by atoms with Crippen LogP contribution < -0.4 is 5.32 Å². The fourth-order valence-corrected chi connectivity index (χ4v) is 2.18. The number of nitrogens with one attached hydrogen (secondary N) is 1. The Morgan fingerprint density at radius 2 is 2.17 bits per heavy atom. The largest absolute Gasteiger partial charge is 0.370 e. The van der Waals surface area contributed by atoms with Crippen LogP contribution in [-0.4, -0.2) is 22.2 Å². The quantitative estimate of drug-likeness (QED) is 0.893. The van der Waals surface area contributed by atoms with Crippen LogP contribution in [-0.2, 0) is 6.54 Å². The molecule has 0 spiro atoms. The number of amidine groups is 1. The second-order valence-electron chi connectivity index (χ2n) is 4.36. The molecule has 92 valence electrons. The van der Waals surface area contributed by atoms with Crippen LogP contribution in [0.3, 0.4) is 0 Å². The van der Waals surface area contributed by atoms with E-state index in [1.807, 2.05) is 23.0 Å². The van der Waals surface area contributed by atoms with Crippen LogP contribution in [0.25, 0.3) is 5.69 Å². The zero-order chi connectivity index (χ0) is 12.2. The number of para-hydroxylation sites is 1. The van der Waals surface area contributed by atoms with Crippen LogP contribution in [0, 0.1) is 0 Å². The summed E-state index contributed by atoms with van der Waals surface area (Å²) >= 11 is 0. The maximum absolute atomic E-state index is 4.43. The highest BCUT2D eigenvalue weighted by Gasteiger charge is 2.08.